The quantitative estimate of drug-likeness (QED) is 0.0175. The largest absolute Gasteiger partial charge is 0.508 e. The number of hydrogen-bond acceptors (Lipinski definition) is 18. The van der Waals surface area contributed by atoms with Gasteiger partial charge in [0.1, 0.15) is 54.1 Å². The standard InChI is InChI=1S/C67H112N20O14/c1-36(2)32-50(39(6)78-52(34-42-16-10-9-11-17-42)63(99)79-40(7)56(71)92)85-64(100)51(33-37(3)4)86-60(96)45(18-12-13-29-68)81-59(95)47(20-15-31-77-67(74)75)82-65(101)53(35-43-21-23-44(89)24-22-43)87-62(98)49(26-28-55(70)91)84-61(97)48(25-27-54(69)90)83-58(94)46(19-14-30-76-66(72)73)80-57(93)38(5)41(8)88/h9-11,16-17,21-24,36-41,45-53,78,88-89H,12-15,18-20,25-35,68H2,1-8H3,(H2,69,90)(H2,70,91)(H2,71,92)(H,79,99)(H,80,93)(H,81,95)(H,82,101)(H,83,94)(H,84,97)(H,85,100)(H,86,96)(H,87,98)(H4,72,73,76)(H4,74,75,77)/t38-,39?,40-,41+,45-,46-,47-,48-,49-,50-,51-,52-,53-/m0/s1. The molecule has 0 aromatic heterocycles. The lowest BCUT2D eigenvalue weighted by molar-refractivity contribution is -0.136. The monoisotopic (exact) mass is 1420 g/mol. The molecule has 2 aromatic carbocycles. The van der Waals surface area contributed by atoms with Crippen molar-refractivity contribution in [2.45, 2.75) is 224 Å². The molecule has 0 aliphatic heterocycles. The van der Waals surface area contributed by atoms with E-state index in [-0.39, 0.29) is 94.5 Å². The molecule has 0 saturated heterocycles. The Hall–Kier alpha value is -9.70. The molecule has 28 N–H and O–H groups in total. The summed E-state index contributed by atoms with van der Waals surface area (Å²) in [4.78, 5) is 166. The molecule has 0 radical (unpaired) electrons. The van der Waals surface area contributed by atoms with Crippen molar-refractivity contribution < 1.29 is 67.7 Å². The van der Waals surface area contributed by atoms with Gasteiger partial charge in [0, 0.05) is 44.4 Å². The van der Waals surface area contributed by atoms with Crippen LogP contribution in [0, 0.1) is 28.6 Å². The number of primary amides is 3. The molecule has 13 atom stereocenters. The van der Waals surface area contributed by atoms with Gasteiger partial charge < -0.3 is 108 Å². The Morgan fingerprint density at radius 2 is 0.802 bits per heavy atom. The van der Waals surface area contributed by atoms with Gasteiger partial charge in [-0.1, -0.05) is 77.1 Å². The van der Waals surface area contributed by atoms with E-state index in [9.17, 15) is 67.7 Å². The molecule has 0 aliphatic rings. The van der Waals surface area contributed by atoms with Gasteiger partial charge in [-0.25, -0.2) is 0 Å². The number of carbonyl (C=O) groups is 12. The first-order chi connectivity index (χ1) is 47.5. The minimum absolute atomic E-state index is 0.00114. The number of rotatable bonds is 49. The van der Waals surface area contributed by atoms with Crippen molar-refractivity contribution in [1.82, 2.24) is 63.8 Å². The molecule has 0 aliphatic carbocycles. The summed E-state index contributed by atoms with van der Waals surface area (Å²) in [7, 11) is 0. The number of phenolic OH excluding ortho intramolecular Hbond substituents is 1. The number of carbonyl (C=O) groups excluding carboxylic acids is 12. The number of guanidine groups is 2. The number of aromatic hydroxyl groups is 1. The average molecular weight is 1420 g/mol. The summed E-state index contributed by atoms with van der Waals surface area (Å²) >= 11 is 0. The van der Waals surface area contributed by atoms with Gasteiger partial charge in [0.05, 0.1) is 18.1 Å². The van der Waals surface area contributed by atoms with Crippen molar-refractivity contribution in [3.8, 4) is 5.75 Å². The zero-order valence-electron chi connectivity index (χ0n) is 59.3. The van der Waals surface area contributed by atoms with Crippen LogP contribution in [0.3, 0.4) is 0 Å². The lowest BCUT2D eigenvalue weighted by atomic mass is 9.95. The first kappa shape index (κ1) is 87.4. The molecule has 34 nitrogen and oxygen atoms in total. The third-order valence-corrected chi connectivity index (χ3v) is 16.4. The lowest BCUT2D eigenvalue weighted by Gasteiger charge is -2.33. The van der Waals surface area contributed by atoms with Crippen LogP contribution >= 0.6 is 0 Å². The minimum Gasteiger partial charge on any atom is -0.508 e. The van der Waals surface area contributed by atoms with E-state index in [1.165, 1.54) is 45.0 Å². The Kier molecular flexibility index (Phi) is 39.7. The number of amides is 12. The third-order valence-electron chi connectivity index (χ3n) is 16.4. The van der Waals surface area contributed by atoms with E-state index in [0.29, 0.717) is 24.8 Å². The molecule has 0 bridgehead atoms. The highest BCUT2D eigenvalue weighted by Gasteiger charge is 2.37. The van der Waals surface area contributed by atoms with Crippen LogP contribution in [0.25, 0.3) is 0 Å². The van der Waals surface area contributed by atoms with Gasteiger partial charge in [0.15, 0.2) is 11.9 Å². The van der Waals surface area contributed by atoms with Gasteiger partial charge in [-0.15, -0.1) is 0 Å². The average Bonchev–Trinajstić information content (AvgIpc) is 0.864. The number of aliphatic hydroxyl groups excluding tert-OH is 1. The molecule has 564 valence electrons. The molecule has 1 unspecified atom stereocenters. The first-order valence-electron chi connectivity index (χ1n) is 34.2. The maximum atomic E-state index is 14.9. The summed E-state index contributed by atoms with van der Waals surface area (Å²) in [5, 5.41) is 68.2. The molecule has 0 saturated carbocycles. The van der Waals surface area contributed by atoms with Gasteiger partial charge in [0.25, 0.3) is 0 Å². The molecule has 0 fully saturated rings. The van der Waals surface area contributed by atoms with Crippen LogP contribution in [0.2, 0.25) is 0 Å². The van der Waals surface area contributed by atoms with Crippen molar-refractivity contribution in [1.29, 1.82) is 10.8 Å². The molecule has 34 heteroatoms. The number of aliphatic hydroxyl groups is 1. The molecule has 12 amide bonds. The van der Waals surface area contributed by atoms with E-state index in [1.54, 1.807) is 6.92 Å². The highest BCUT2D eigenvalue weighted by Crippen LogP contribution is 2.17. The van der Waals surface area contributed by atoms with Crippen LogP contribution in [-0.4, -0.2) is 185 Å². The Morgan fingerprint density at radius 1 is 0.426 bits per heavy atom. The number of hydrogen-bond donors (Lipinski definition) is 22. The molecule has 0 spiro atoms. The van der Waals surface area contributed by atoms with Crippen molar-refractivity contribution in [2.24, 2.45) is 52.2 Å². The smallest absolute Gasteiger partial charge is 0.243 e. The van der Waals surface area contributed by atoms with Crippen LogP contribution in [0.15, 0.2) is 54.6 Å². The van der Waals surface area contributed by atoms with E-state index in [2.05, 4.69) is 63.8 Å². The SMILES string of the molecule is CC(C)C[C@H](NC(=O)[C@H](CCCCN)NC(=O)[C@H](CCCNC(=N)N)NC(=O)[C@H](Cc1ccc(O)cc1)NC(=O)[C@H](CCC(N)=O)NC(=O)[C@H](CCC(N)=O)NC(=O)[C@H](CCCNC(=N)N)NC(=O)[C@@H](C)[C@@H](C)O)C(=O)N[C@@H](CC(C)C)C(C)N[C@@H](Cc1ccccc1)C(=O)N[C@@H](C)C(N)=O. The second-order valence-electron chi connectivity index (χ2n) is 26.3. The number of phenols is 1. The second-order valence-corrected chi connectivity index (χ2v) is 26.3. The van der Waals surface area contributed by atoms with Crippen molar-refractivity contribution in [3.63, 3.8) is 0 Å². The number of nitrogens with one attached hydrogen (secondary N) is 14. The number of unbranched alkanes of at least 4 members (excludes halogenated alkanes) is 1. The maximum Gasteiger partial charge on any atom is 0.243 e. The fourth-order valence-corrected chi connectivity index (χ4v) is 10.5. The molecule has 2 rings (SSSR count). The highest BCUT2D eigenvalue weighted by atomic mass is 16.3. The predicted octanol–water partition coefficient (Wildman–Crippen LogP) is -3.31. The topological polar surface area (TPSA) is 593 Å². The Labute approximate surface area is 590 Å². The molecule has 0 heterocycles. The van der Waals surface area contributed by atoms with Crippen LogP contribution in [0.5, 0.6) is 5.75 Å². The lowest BCUT2D eigenvalue weighted by Crippen LogP contribution is -2.61. The van der Waals surface area contributed by atoms with Crippen molar-refractivity contribution in [2.75, 3.05) is 19.6 Å². The summed E-state index contributed by atoms with van der Waals surface area (Å²) in [5.74, 6) is -12.2. The van der Waals surface area contributed by atoms with Crippen LogP contribution in [-0.2, 0) is 70.4 Å². The maximum absolute atomic E-state index is 14.9. The summed E-state index contributed by atoms with van der Waals surface area (Å²) < 4.78 is 0. The molecular formula is C67H112N20O14. The number of benzene rings is 2. The Balaban J connectivity index is 2.67. The van der Waals surface area contributed by atoms with Gasteiger partial charge in [0.2, 0.25) is 70.9 Å². The number of nitrogens with two attached hydrogens (primary N) is 6. The van der Waals surface area contributed by atoms with Crippen LogP contribution in [0.1, 0.15) is 150 Å². The minimum atomic E-state index is -1.72. The molecule has 2 aromatic rings. The third kappa shape index (κ3) is 35.3. The van der Waals surface area contributed by atoms with E-state index >= 15 is 0 Å². The Morgan fingerprint density at radius 3 is 1.22 bits per heavy atom. The van der Waals surface area contributed by atoms with Gasteiger partial charge >= 0.3 is 0 Å². The molecule has 101 heavy (non-hydrogen) atoms. The summed E-state index contributed by atoms with van der Waals surface area (Å²) in [6.07, 6.45) is -2.00. The summed E-state index contributed by atoms with van der Waals surface area (Å²) in [6.45, 7) is 14.0. The van der Waals surface area contributed by atoms with Gasteiger partial charge in [-0.05, 0) is 139 Å². The van der Waals surface area contributed by atoms with E-state index in [4.69, 9.17) is 45.2 Å². The van der Waals surface area contributed by atoms with Gasteiger partial charge in [-0.3, -0.25) is 68.4 Å². The van der Waals surface area contributed by atoms with Crippen LogP contribution in [0.4, 0.5) is 0 Å². The summed E-state index contributed by atoms with van der Waals surface area (Å²) in [6, 6.07) is 1.19. The van der Waals surface area contributed by atoms with E-state index in [0.717, 1.165) is 5.56 Å². The zero-order valence-corrected chi connectivity index (χ0v) is 59.3. The van der Waals surface area contributed by atoms with Gasteiger partial charge in [-0.2, -0.15) is 0 Å². The molecular weight excluding hydrogens is 1310 g/mol. The normalized spacial score (nSPS) is 15.0. The van der Waals surface area contributed by atoms with Crippen molar-refractivity contribution >= 4 is 82.8 Å². The van der Waals surface area contributed by atoms with Crippen molar-refractivity contribution in [3.05, 3.63) is 65.7 Å². The fraction of sp³-hybridized carbons (Fsp3) is 0.612. The van der Waals surface area contributed by atoms with Crippen LogP contribution < -0.4 is 98.2 Å². The fourth-order valence-electron chi connectivity index (χ4n) is 10.5. The second kappa shape index (κ2) is 45.9. The van der Waals surface area contributed by atoms with E-state index < -0.39 is 181 Å². The zero-order chi connectivity index (χ0) is 76.1. The summed E-state index contributed by atoms with van der Waals surface area (Å²) in [5.41, 5.74) is 34.5. The predicted molar refractivity (Wildman–Crippen MR) is 378 cm³/mol. The first-order valence-corrected chi connectivity index (χ1v) is 34.2. The highest BCUT2D eigenvalue weighted by molar-refractivity contribution is 5.98. The Bertz CT molecular complexity index is 3050. The van der Waals surface area contributed by atoms with E-state index in [1.807, 2.05) is 58.0 Å².